The van der Waals surface area contributed by atoms with E-state index in [0.29, 0.717) is 6.61 Å². The molecule has 2 N–H and O–H groups in total. The van der Waals surface area contributed by atoms with Gasteiger partial charge in [0.25, 0.3) is 0 Å². The van der Waals surface area contributed by atoms with Crippen molar-refractivity contribution in [2.45, 2.75) is 0 Å². The summed E-state index contributed by atoms with van der Waals surface area (Å²) in [6.07, 6.45) is 0. The zero-order valence-corrected chi connectivity index (χ0v) is 14.4. The Morgan fingerprint density at radius 2 is 1.70 bits per heavy atom. The number of likely N-dealkylation sites (N-methyl/N-ethyl adjacent to an activating group) is 1. The van der Waals surface area contributed by atoms with Crippen molar-refractivity contribution >= 4 is 38.6 Å². The highest BCUT2D eigenvalue weighted by atomic mass is 79.9. The van der Waals surface area contributed by atoms with Gasteiger partial charge in [-0.05, 0) is 46.9 Å². The van der Waals surface area contributed by atoms with Crippen molar-refractivity contribution in [1.29, 1.82) is 0 Å². The quantitative estimate of drug-likeness (QED) is 0.789. The molecule has 2 rings (SSSR count). The zero-order chi connectivity index (χ0) is 17.4. The Hall–Kier alpha value is -2.12. The van der Waals surface area contributed by atoms with Crippen molar-refractivity contribution in [2.24, 2.45) is 0 Å². The number of carboxylic acid groups (broad SMARTS) is 2. The number of carbonyl (C=O) groups is 2. The second kappa shape index (κ2) is 9.12. The van der Waals surface area contributed by atoms with Crippen LogP contribution in [0, 0.1) is 0 Å². The van der Waals surface area contributed by atoms with Crippen LogP contribution in [0.25, 0.3) is 10.8 Å². The number of aliphatic carboxylic acids is 2. The summed E-state index contributed by atoms with van der Waals surface area (Å²) in [6.45, 7) is 1.61. The fourth-order valence-corrected chi connectivity index (χ4v) is 2.27. The van der Waals surface area contributed by atoms with E-state index in [2.05, 4.69) is 39.0 Å². The molecule has 23 heavy (non-hydrogen) atoms. The summed E-state index contributed by atoms with van der Waals surface area (Å²) in [6, 6.07) is 12.4. The van der Waals surface area contributed by atoms with E-state index in [1.807, 2.05) is 32.3 Å². The smallest absolute Gasteiger partial charge is 0.414 e. The Labute approximate surface area is 142 Å². The van der Waals surface area contributed by atoms with E-state index in [1.165, 1.54) is 10.8 Å². The number of ether oxygens (including phenoxy) is 1. The number of nitrogens with zero attached hydrogens (tertiary/aromatic N) is 1. The van der Waals surface area contributed by atoms with E-state index in [9.17, 15) is 0 Å². The van der Waals surface area contributed by atoms with Crippen LogP contribution in [0.2, 0.25) is 0 Å². The van der Waals surface area contributed by atoms with Gasteiger partial charge in [-0.3, -0.25) is 0 Å². The Morgan fingerprint density at radius 1 is 1.09 bits per heavy atom. The van der Waals surface area contributed by atoms with Gasteiger partial charge >= 0.3 is 11.9 Å². The molecule has 2 aromatic rings. The summed E-state index contributed by atoms with van der Waals surface area (Å²) in [5, 5.41) is 17.2. The molecule has 0 amide bonds. The maximum Gasteiger partial charge on any atom is 0.414 e. The Bertz CT molecular complexity index is 675. The maximum atomic E-state index is 9.10. The van der Waals surface area contributed by atoms with Crippen molar-refractivity contribution in [3.63, 3.8) is 0 Å². The molecule has 2 aromatic carbocycles. The van der Waals surface area contributed by atoms with E-state index in [4.69, 9.17) is 24.5 Å². The van der Waals surface area contributed by atoms with Gasteiger partial charge in [0.1, 0.15) is 12.4 Å². The first-order chi connectivity index (χ1) is 10.8. The predicted molar refractivity (Wildman–Crippen MR) is 91.0 cm³/mol. The first-order valence-electron chi connectivity index (χ1n) is 6.74. The standard InChI is InChI=1S/C14H16BrNO.C2H2O4/c1-16(2)9-10-17-13-8-7-11-5-3-4-6-12(11)14(13)15;3-1(4)2(5)6/h3-8H,9-10H2,1-2H3;(H,3,4)(H,5,6). The van der Waals surface area contributed by atoms with E-state index >= 15 is 0 Å². The molecule has 0 unspecified atom stereocenters. The van der Waals surface area contributed by atoms with E-state index in [-0.39, 0.29) is 0 Å². The molecule has 0 atom stereocenters. The van der Waals surface area contributed by atoms with Gasteiger partial charge in [0.05, 0.1) is 4.47 Å². The largest absolute Gasteiger partial charge is 0.491 e. The normalized spacial score (nSPS) is 10.1. The molecule has 6 nitrogen and oxygen atoms in total. The molecule has 0 aliphatic rings. The van der Waals surface area contributed by atoms with Crippen LogP contribution in [-0.2, 0) is 9.59 Å². The van der Waals surface area contributed by atoms with Crippen molar-refractivity contribution in [3.8, 4) is 5.75 Å². The van der Waals surface area contributed by atoms with Crippen LogP contribution in [0.3, 0.4) is 0 Å². The van der Waals surface area contributed by atoms with Crippen LogP contribution in [0.4, 0.5) is 0 Å². The molecule has 7 heteroatoms. The van der Waals surface area contributed by atoms with Crippen LogP contribution in [0.15, 0.2) is 40.9 Å². The van der Waals surface area contributed by atoms with Crippen molar-refractivity contribution in [2.75, 3.05) is 27.2 Å². The number of hydrogen-bond acceptors (Lipinski definition) is 4. The predicted octanol–water partition coefficient (Wildman–Crippen LogP) is 2.70. The average Bonchev–Trinajstić information content (AvgIpc) is 2.50. The fraction of sp³-hybridized carbons (Fsp3) is 0.250. The van der Waals surface area contributed by atoms with E-state index < -0.39 is 11.9 Å². The van der Waals surface area contributed by atoms with Gasteiger partial charge in [-0.25, -0.2) is 9.59 Å². The molecule has 0 aliphatic carbocycles. The lowest BCUT2D eigenvalue weighted by Gasteiger charge is -2.13. The van der Waals surface area contributed by atoms with Crippen LogP contribution in [0.5, 0.6) is 5.75 Å². The first kappa shape index (κ1) is 18.9. The summed E-state index contributed by atoms with van der Waals surface area (Å²) >= 11 is 3.61. The van der Waals surface area contributed by atoms with Gasteiger partial charge in [-0.15, -0.1) is 0 Å². The van der Waals surface area contributed by atoms with Crippen LogP contribution < -0.4 is 4.74 Å². The molecule has 0 fully saturated rings. The summed E-state index contributed by atoms with van der Waals surface area (Å²) in [4.78, 5) is 20.3. The van der Waals surface area contributed by atoms with Gasteiger partial charge in [-0.1, -0.05) is 30.3 Å². The Morgan fingerprint density at radius 3 is 2.26 bits per heavy atom. The molecule has 0 heterocycles. The number of benzene rings is 2. The molecule has 0 aliphatic heterocycles. The van der Waals surface area contributed by atoms with Gasteiger partial charge in [-0.2, -0.15) is 0 Å². The number of carboxylic acids is 2. The average molecular weight is 384 g/mol. The van der Waals surface area contributed by atoms with Crippen LogP contribution in [-0.4, -0.2) is 54.3 Å². The van der Waals surface area contributed by atoms with Gasteiger partial charge in [0, 0.05) is 6.54 Å². The first-order valence-corrected chi connectivity index (χ1v) is 7.53. The van der Waals surface area contributed by atoms with Crippen LogP contribution in [0.1, 0.15) is 0 Å². The Kier molecular flexibility index (Phi) is 7.50. The highest BCUT2D eigenvalue weighted by Crippen LogP contribution is 2.32. The van der Waals surface area contributed by atoms with Crippen molar-refractivity contribution < 1.29 is 24.5 Å². The number of fused-ring (bicyclic) bond motifs is 1. The van der Waals surface area contributed by atoms with Gasteiger partial charge < -0.3 is 19.8 Å². The zero-order valence-electron chi connectivity index (χ0n) is 12.8. The molecule has 0 saturated carbocycles. The lowest BCUT2D eigenvalue weighted by atomic mass is 10.1. The third-order valence-electron chi connectivity index (χ3n) is 2.81. The molecule has 0 spiro atoms. The molecule has 0 aromatic heterocycles. The summed E-state index contributed by atoms with van der Waals surface area (Å²) < 4.78 is 6.80. The molecule has 0 saturated heterocycles. The topological polar surface area (TPSA) is 87.1 Å². The maximum absolute atomic E-state index is 9.10. The Balaban J connectivity index is 0.000000379. The summed E-state index contributed by atoms with van der Waals surface area (Å²) in [5.41, 5.74) is 0. The highest BCUT2D eigenvalue weighted by molar-refractivity contribution is 9.10. The minimum Gasteiger partial charge on any atom is -0.491 e. The highest BCUT2D eigenvalue weighted by Gasteiger charge is 2.05. The van der Waals surface area contributed by atoms with Crippen molar-refractivity contribution in [1.82, 2.24) is 4.90 Å². The third-order valence-corrected chi connectivity index (χ3v) is 3.62. The SMILES string of the molecule is CN(C)CCOc1ccc2ccccc2c1Br.O=C(O)C(=O)O. The second-order valence-electron chi connectivity index (χ2n) is 4.86. The fourth-order valence-electron chi connectivity index (χ4n) is 1.66. The lowest BCUT2D eigenvalue weighted by molar-refractivity contribution is -0.159. The van der Waals surface area contributed by atoms with Crippen molar-refractivity contribution in [3.05, 3.63) is 40.9 Å². The molecular weight excluding hydrogens is 366 g/mol. The summed E-state index contributed by atoms with van der Waals surface area (Å²) in [7, 11) is 4.08. The number of hydrogen-bond donors (Lipinski definition) is 2. The molecule has 0 radical (unpaired) electrons. The molecule has 124 valence electrons. The number of rotatable bonds is 4. The second-order valence-corrected chi connectivity index (χ2v) is 5.65. The minimum absolute atomic E-state index is 0.698. The molecule has 0 bridgehead atoms. The van der Waals surface area contributed by atoms with E-state index in [0.717, 1.165) is 16.8 Å². The van der Waals surface area contributed by atoms with E-state index in [1.54, 1.807) is 0 Å². The van der Waals surface area contributed by atoms with Gasteiger partial charge in [0.15, 0.2) is 0 Å². The third kappa shape index (κ3) is 6.25. The van der Waals surface area contributed by atoms with Crippen LogP contribution >= 0.6 is 15.9 Å². The van der Waals surface area contributed by atoms with Gasteiger partial charge in [0.2, 0.25) is 0 Å². The lowest BCUT2D eigenvalue weighted by Crippen LogP contribution is -2.19. The molecular formula is C16H18BrNO5. The monoisotopic (exact) mass is 383 g/mol. The number of halogens is 1. The minimum atomic E-state index is -1.82. The summed E-state index contributed by atoms with van der Waals surface area (Å²) in [5.74, 6) is -2.74.